The van der Waals surface area contributed by atoms with E-state index in [-0.39, 0.29) is 0 Å². The average Bonchev–Trinajstić information content (AvgIpc) is 2.37. The Balaban J connectivity index is 2.65. The van der Waals surface area contributed by atoms with Crippen LogP contribution in [-0.4, -0.2) is 5.94 Å². The van der Waals surface area contributed by atoms with Gasteiger partial charge in [0.2, 0.25) is 0 Å². The molecule has 0 saturated heterocycles. The quantitative estimate of drug-likeness (QED) is 0.417. The lowest BCUT2D eigenvalue weighted by molar-refractivity contribution is 0.567. The molecule has 0 radical (unpaired) electrons. The zero-order valence-electron chi connectivity index (χ0n) is 5.89. The van der Waals surface area contributed by atoms with Crippen molar-refractivity contribution in [2.45, 2.75) is 19.3 Å². The Morgan fingerprint density at radius 2 is 2.50 bits per heavy atom. The summed E-state index contributed by atoms with van der Waals surface area (Å²) in [6, 6.07) is 0. The van der Waals surface area contributed by atoms with E-state index < -0.39 is 0 Å². The molecule has 0 bridgehead atoms. The predicted molar refractivity (Wildman–Crippen MR) is 41.3 cm³/mol. The summed E-state index contributed by atoms with van der Waals surface area (Å²) in [6.07, 6.45) is 6.57. The zero-order chi connectivity index (χ0) is 7.40. The second kappa shape index (κ2) is 3.19. The molecule has 1 aliphatic carbocycles. The molecule has 0 N–H and O–H groups in total. The molecule has 0 unspecified atom stereocenters. The summed E-state index contributed by atoms with van der Waals surface area (Å²) in [7, 11) is 0. The normalized spacial score (nSPS) is 16.4. The highest BCUT2D eigenvalue weighted by Gasteiger charge is 2.07. The molecule has 0 aromatic heterocycles. The third kappa shape index (κ3) is 1.46. The second-order valence-corrected chi connectivity index (χ2v) is 2.42. The van der Waals surface area contributed by atoms with Gasteiger partial charge in [-0.05, 0) is 25.3 Å². The minimum Gasteiger partial charge on any atom is -0.233 e. The van der Waals surface area contributed by atoms with Crippen molar-refractivity contribution in [1.29, 1.82) is 0 Å². The second-order valence-electron chi connectivity index (χ2n) is 2.42. The van der Waals surface area contributed by atoms with Crippen LogP contribution in [0.1, 0.15) is 19.3 Å². The number of hydrogen-bond acceptors (Lipinski definition) is 1. The molecule has 1 aliphatic rings. The van der Waals surface area contributed by atoms with Gasteiger partial charge in [0, 0.05) is 5.57 Å². The summed E-state index contributed by atoms with van der Waals surface area (Å²) < 4.78 is 0. The van der Waals surface area contributed by atoms with Crippen LogP contribution in [0.25, 0.3) is 0 Å². The molecule has 0 fully saturated rings. The van der Waals surface area contributed by atoms with Crippen molar-refractivity contribution < 1.29 is 4.79 Å². The number of carbonyl (C=O) groups excluding carboxylic acids is 1. The molecular weight excluding hydrogens is 124 g/mol. The third-order valence-electron chi connectivity index (χ3n) is 1.63. The fourth-order valence-electron chi connectivity index (χ4n) is 1.11. The van der Waals surface area contributed by atoms with Crippen LogP contribution in [0.15, 0.2) is 29.9 Å². The van der Waals surface area contributed by atoms with Crippen LogP contribution in [0.4, 0.5) is 0 Å². The minimum absolute atomic E-state index is 0.803. The first-order valence-corrected chi connectivity index (χ1v) is 3.41. The van der Waals surface area contributed by atoms with Gasteiger partial charge >= 0.3 is 0 Å². The van der Waals surface area contributed by atoms with Crippen LogP contribution in [0, 0.1) is 0 Å². The fraction of sp³-hybridized carbons (Fsp3) is 0.333. The van der Waals surface area contributed by atoms with Crippen molar-refractivity contribution in [3.05, 3.63) is 29.9 Å². The summed E-state index contributed by atoms with van der Waals surface area (Å²) in [5.74, 6) is 1.91. The van der Waals surface area contributed by atoms with Crippen LogP contribution in [0.5, 0.6) is 0 Å². The highest BCUT2D eigenvalue weighted by molar-refractivity contribution is 5.59. The molecular formula is C9H10O. The Bertz CT molecular complexity index is 217. The topological polar surface area (TPSA) is 17.1 Å². The minimum atomic E-state index is 0.803. The van der Waals surface area contributed by atoms with E-state index in [9.17, 15) is 4.79 Å². The molecule has 0 atom stereocenters. The molecule has 0 aromatic rings. The zero-order valence-corrected chi connectivity index (χ0v) is 5.89. The first-order valence-electron chi connectivity index (χ1n) is 3.41. The molecule has 1 rings (SSSR count). The van der Waals surface area contributed by atoms with Crippen LogP contribution in [0.2, 0.25) is 0 Å². The maximum absolute atomic E-state index is 10.1. The van der Waals surface area contributed by atoms with Gasteiger partial charge in [0.15, 0.2) is 0 Å². The van der Waals surface area contributed by atoms with Crippen molar-refractivity contribution in [2.75, 3.05) is 0 Å². The molecule has 1 heteroatoms. The largest absolute Gasteiger partial charge is 0.233 e. The van der Waals surface area contributed by atoms with Gasteiger partial charge < -0.3 is 0 Å². The Labute approximate surface area is 60.7 Å². The summed E-state index contributed by atoms with van der Waals surface area (Å²) >= 11 is 0. The molecule has 0 aromatic carbocycles. The highest BCUT2D eigenvalue weighted by Crippen LogP contribution is 2.23. The van der Waals surface area contributed by atoms with Gasteiger partial charge in [-0.3, -0.25) is 0 Å². The summed E-state index contributed by atoms with van der Waals surface area (Å²) in [6.45, 7) is 3.63. The van der Waals surface area contributed by atoms with Crippen LogP contribution >= 0.6 is 0 Å². The van der Waals surface area contributed by atoms with E-state index in [1.165, 1.54) is 5.57 Å². The van der Waals surface area contributed by atoms with Crippen molar-refractivity contribution in [3.8, 4) is 0 Å². The van der Waals surface area contributed by atoms with E-state index in [2.05, 4.69) is 6.58 Å². The van der Waals surface area contributed by atoms with Gasteiger partial charge in [-0.15, -0.1) is 6.58 Å². The predicted octanol–water partition coefficient (Wildman–Crippen LogP) is 2.04. The third-order valence-corrected chi connectivity index (χ3v) is 1.63. The summed E-state index contributed by atoms with van der Waals surface area (Å²) in [5, 5.41) is 0. The maximum Gasteiger partial charge on any atom is 0.127 e. The van der Waals surface area contributed by atoms with E-state index >= 15 is 0 Å². The van der Waals surface area contributed by atoms with Gasteiger partial charge in [-0.25, -0.2) is 4.79 Å². The smallest absolute Gasteiger partial charge is 0.127 e. The average molecular weight is 134 g/mol. The first kappa shape index (κ1) is 7.04. The van der Waals surface area contributed by atoms with Crippen LogP contribution in [-0.2, 0) is 4.79 Å². The van der Waals surface area contributed by atoms with Crippen molar-refractivity contribution in [1.82, 2.24) is 0 Å². The first-order chi connectivity index (χ1) is 4.86. The Morgan fingerprint density at radius 1 is 1.70 bits per heavy atom. The van der Waals surface area contributed by atoms with E-state index in [0.29, 0.717) is 0 Å². The SMILES string of the molecule is C=CCC1=CC(=C=O)CC1. The molecule has 10 heavy (non-hydrogen) atoms. The van der Waals surface area contributed by atoms with E-state index in [0.717, 1.165) is 24.8 Å². The van der Waals surface area contributed by atoms with Gasteiger partial charge in [0.25, 0.3) is 0 Å². The molecule has 0 aliphatic heterocycles. The molecule has 0 saturated carbocycles. The fourth-order valence-corrected chi connectivity index (χ4v) is 1.11. The van der Waals surface area contributed by atoms with Crippen LogP contribution in [0.3, 0.4) is 0 Å². The Hall–Kier alpha value is -1.07. The number of allylic oxidation sites excluding steroid dienone is 4. The molecule has 0 heterocycles. The maximum atomic E-state index is 10.1. The van der Waals surface area contributed by atoms with Gasteiger partial charge in [0.05, 0.1) is 0 Å². The number of hydrogen-bond donors (Lipinski definition) is 0. The Morgan fingerprint density at radius 3 is 3.00 bits per heavy atom. The van der Waals surface area contributed by atoms with Crippen molar-refractivity contribution in [3.63, 3.8) is 0 Å². The number of rotatable bonds is 2. The molecule has 1 nitrogen and oxygen atoms in total. The lowest BCUT2D eigenvalue weighted by Gasteiger charge is -1.90. The van der Waals surface area contributed by atoms with Gasteiger partial charge in [-0.2, -0.15) is 0 Å². The molecule has 0 amide bonds. The molecule has 0 spiro atoms. The van der Waals surface area contributed by atoms with Crippen molar-refractivity contribution in [2.24, 2.45) is 0 Å². The lowest BCUT2D eigenvalue weighted by atomic mass is 10.2. The van der Waals surface area contributed by atoms with E-state index in [1.807, 2.05) is 18.1 Å². The monoisotopic (exact) mass is 134 g/mol. The summed E-state index contributed by atoms with van der Waals surface area (Å²) in [5.41, 5.74) is 2.10. The highest BCUT2D eigenvalue weighted by atomic mass is 16.1. The van der Waals surface area contributed by atoms with Crippen molar-refractivity contribution >= 4 is 5.94 Å². The van der Waals surface area contributed by atoms with Gasteiger partial charge in [0.1, 0.15) is 5.94 Å². The van der Waals surface area contributed by atoms with E-state index in [1.54, 1.807) is 0 Å². The molecule has 52 valence electrons. The summed E-state index contributed by atoms with van der Waals surface area (Å²) in [4.78, 5) is 10.1. The lowest BCUT2D eigenvalue weighted by Crippen LogP contribution is -1.70. The van der Waals surface area contributed by atoms with Gasteiger partial charge in [-0.1, -0.05) is 11.6 Å². The van der Waals surface area contributed by atoms with E-state index in [4.69, 9.17) is 0 Å². The Kier molecular flexibility index (Phi) is 2.24. The van der Waals surface area contributed by atoms with Crippen LogP contribution < -0.4 is 0 Å². The standard InChI is InChI=1S/C9H10O/c1-2-3-8-4-5-9(6-8)7-10/h2,6H,1,3-5H2.